The van der Waals surface area contributed by atoms with Crippen molar-refractivity contribution < 1.29 is 0 Å². The molecule has 0 aromatic heterocycles. The monoisotopic (exact) mass is 717 g/mol. The van der Waals surface area contributed by atoms with E-state index in [-0.39, 0.29) is 12.2 Å². The van der Waals surface area contributed by atoms with Crippen LogP contribution in [0.1, 0.15) is 45.6 Å². The lowest BCUT2D eigenvalue weighted by atomic mass is 9.85. The molecule has 10 rings (SSSR count). The van der Waals surface area contributed by atoms with E-state index in [0.29, 0.717) is 0 Å². The molecule has 0 saturated heterocycles. The molecule has 266 valence electrons. The summed E-state index contributed by atoms with van der Waals surface area (Å²) < 4.78 is 0. The normalized spacial score (nSPS) is 16.1. The Morgan fingerprint density at radius 1 is 0.411 bits per heavy atom. The van der Waals surface area contributed by atoms with E-state index in [1.165, 1.54) is 55.3 Å². The van der Waals surface area contributed by atoms with Crippen LogP contribution >= 0.6 is 0 Å². The predicted molar refractivity (Wildman–Crippen MR) is 234 cm³/mol. The summed E-state index contributed by atoms with van der Waals surface area (Å²) >= 11 is 0. The molecule has 0 amide bonds. The van der Waals surface area contributed by atoms with E-state index in [9.17, 15) is 0 Å². The number of benzene rings is 8. The molecule has 8 aromatic rings. The summed E-state index contributed by atoms with van der Waals surface area (Å²) in [7, 11) is 0. The Morgan fingerprint density at radius 2 is 0.982 bits per heavy atom. The second-order valence-electron chi connectivity index (χ2n) is 14.5. The second-order valence-corrected chi connectivity index (χ2v) is 14.5. The average molecular weight is 718 g/mol. The summed E-state index contributed by atoms with van der Waals surface area (Å²) in [6.45, 7) is 0. The molecule has 3 heteroatoms. The Labute approximate surface area is 328 Å². The first-order valence-electron chi connectivity index (χ1n) is 19.3. The van der Waals surface area contributed by atoms with Gasteiger partial charge in [0.25, 0.3) is 0 Å². The lowest BCUT2D eigenvalue weighted by Crippen LogP contribution is -2.24. The van der Waals surface area contributed by atoms with Gasteiger partial charge in [0.2, 0.25) is 0 Å². The van der Waals surface area contributed by atoms with Gasteiger partial charge in [-0.1, -0.05) is 182 Å². The number of anilines is 1. The summed E-state index contributed by atoms with van der Waals surface area (Å²) in [5.41, 5.74) is 16.3. The van der Waals surface area contributed by atoms with E-state index in [4.69, 9.17) is 4.99 Å². The first-order chi connectivity index (χ1) is 27.7. The third kappa shape index (κ3) is 6.50. The van der Waals surface area contributed by atoms with E-state index < -0.39 is 0 Å². The molecule has 2 atom stereocenters. The number of fused-ring (bicyclic) bond motifs is 3. The van der Waals surface area contributed by atoms with Crippen LogP contribution in [-0.2, 0) is 0 Å². The largest absolute Gasteiger partial charge is 0.374 e. The number of hydrogen-bond acceptors (Lipinski definition) is 3. The van der Waals surface area contributed by atoms with Gasteiger partial charge in [0.1, 0.15) is 6.17 Å². The molecule has 0 radical (unpaired) electrons. The molecule has 2 aliphatic heterocycles. The first kappa shape index (κ1) is 33.3. The zero-order valence-corrected chi connectivity index (χ0v) is 30.8. The van der Waals surface area contributed by atoms with Crippen LogP contribution in [-0.4, -0.2) is 5.71 Å². The zero-order chi connectivity index (χ0) is 37.3. The van der Waals surface area contributed by atoms with Gasteiger partial charge >= 0.3 is 0 Å². The summed E-state index contributed by atoms with van der Waals surface area (Å²) in [6.07, 6.45) is 4.38. The average Bonchev–Trinajstić information content (AvgIpc) is 3.29. The third-order valence-electron chi connectivity index (χ3n) is 10.9. The van der Waals surface area contributed by atoms with Gasteiger partial charge in [-0.05, 0) is 96.8 Å². The first-order valence-corrected chi connectivity index (χ1v) is 19.3. The molecule has 2 heterocycles. The number of hydrogen-bond donors (Lipinski definition) is 2. The summed E-state index contributed by atoms with van der Waals surface area (Å²) in [4.78, 5) is 5.17. The molecule has 0 fully saturated rings. The van der Waals surface area contributed by atoms with Crippen molar-refractivity contribution in [1.82, 2.24) is 5.32 Å². The standard InChI is InChI=1S/C53H39N3/c1-5-14-37(15-6-1)47-34-49(38-16-7-2-8-17-38)54-48-31-29-45-33-44(28-30-46(45)52(47)48)43-23-13-22-42(32-43)36-24-26-40(27-25-36)51-35-50(39-18-9-3-10-19-39)55-53(56-51)41-20-11-4-12-21-41/h1-35,49,53-55H. The van der Waals surface area contributed by atoms with Gasteiger partial charge in [0.05, 0.1) is 11.8 Å². The molecule has 2 aliphatic rings. The van der Waals surface area contributed by atoms with Gasteiger partial charge in [0, 0.05) is 16.9 Å². The molecule has 0 saturated carbocycles. The fourth-order valence-corrected chi connectivity index (χ4v) is 8.06. The lowest BCUT2D eigenvalue weighted by molar-refractivity contribution is 0.664. The summed E-state index contributed by atoms with van der Waals surface area (Å²) in [6, 6.07) is 71.6. The molecule has 56 heavy (non-hydrogen) atoms. The highest BCUT2D eigenvalue weighted by molar-refractivity contribution is 6.13. The van der Waals surface area contributed by atoms with Crippen LogP contribution in [0.25, 0.3) is 44.3 Å². The number of allylic oxidation sites excluding steroid dienone is 1. The zero-order valence-electron chi connectivity index (χ0n) is 30.8. The van der Waals surface area contributed by atoms with Crippen LogP contribution in [0.2, 0.25) is 0 Å². The van der Waals surface area contributed by atoms with Crippen LogP contribution < -0.4 is 10.6 Å². The van der Waals surface area contributed by atoms with Gasteiger partial charge in [-0.2, -0.15) is 0 Å². The minimum atomic E-state index is -0.168. The maximum absolute atomic E-state index is 5.17. The van der Waals surface area contributed by atoms with Crippen LogP contribution in [0.4, 0.5) is 5.69 Å². The third-order valence-corrected chi connectivity index (χ3v) is 10.9. The number of nitrogens with zero attached hydrogens (tertiary/aromatic N) is 1. The Morgan fingerprint density at radius 3 is 1.70 bits per heavy atom. The predicted octanol–water partition coefficient (Wildman–Crippen LogP) is 12.9. The van der Waals surface area contributed by atoms with E-state index in [2.05, 4.69) is 217 Å². The minimum Gasteiger partial charge on any atom is -0.374 e. The van der Waals surface area contributed by atoms with Crippen molar-refractivity contribution in [3.05, 3.63) is 246 Å². The molecule has 0 aliphatic carbocycles. The minimum absolute atomic E-state index is 0.0922. The number of rotatable bonds is 7. The molecule has 2 N–H and O–H groups in total. The molecular formula is C53H39N3. The Bertz CT molecular complexity index is 2770. The smallest absolute Gasteiger partial charge is 0.145 e. The summed E-state index contributed by atoms with van der Waals surface area (Å²) in [5, 5.41) is 9.95. The van der Waals surface area contributed by atoms with Crippen molar-refractivity contribution in [1.29, 1.82) is 0 Å². The van der Waals surface area contributed by atoms with Crippen molar-refractivity contribution in [2.75, 3.05) is 5.32 Å². The van der Waals surface area contributed by atoms with Crippen molar-refractivity contribution in [2.45, 2.75) is 12.2 Å². The molecular weight excluding hydrogens is 679 g/mol. The van der Waals surface area contributed by atoms with Crippen LogP contribution in [0.5, 0.6) is 0 Å². The lowest BCUT2D eigenvalue weighted by Gasteiger charge is -2.28. The van der Waals surface area contributed by atoms with E-state index >= 15 is 0 Å². The topological polar surface area (TPSA) is 36.4 Å². The van der Waals surface area contributed by atoms with Gasteiger partial charge in [0.15, 0.2) is 0 Å². The highest BCUT2D eigenvalue weighted by Gasteiger charge is 2.24. The van der Waals surface area contributed by atoms with E-state index in [0.717, 1.165) is 33.8 Å². The molecule has 8 aromatic carbocycles. The van der Waals surface area contributed by atoms with Gasteiger partial charge in [-0.25, -0.2) is 0 Å². The highest BCUT2D eigenvalue weighted by atomic mass is 15.1. The van der Waals surface area contributed by atoms with Crippen LogP contribution in [0, 0.1) is 0 Å². The maximum atomic E-state index is 5.17. The Balaban J connectivity index is 0.965. The van der Waals surface area contributed by atoms with Crippen LogP contribution in [0.15, 0.2) is 217 Å². The molecule has 0 bridgehead atoms. The Kier molecular flexibility index (Phi) is 8.66. The van der Waals surface area contributed by atoms with Gasteiger partial charge < -0.3 is 10.6 Å². The van der Waals surface area contributed by atoms with Crippen molar-refractivity contribution in [3.8, 4) is 22.3 Å². The fourth-order valence-electron chi connectivity index (χ4n) is 8.06. The van der Waals surface area contributed by atoms with E-state index in [1.807, 2.05) is 6.07 Å². The fraction of sp³-hybridized carbons (Fsp3) is 0.0377. The summed E-state index contributed by atoms with van der Waals surface area (Å²) in [5.74, 6) is 0. The quantitative estimate of drug-likeness (QED) is 0.172. The SMILES string of the molecule is C1=C(c2ccccc2)NC(c2ccccc2)N=C1c1ccc(-c2cccc(-c3ccc4c5c(ccc4c3)NC(c3ccccc3)C=C5c3ccccc3)c2)cc1. The van der Waals surface area contributed by atoms with Crippen molar-refractivity contribution >= 4 is 33.4 Å². The van der Waals surface area contributed by atoms with Crippen LogP contribution in [0.3, 0.4) is 0 Å². The number of aliphatic imine (C=N–C) groups is 1. The molecule has 3 nitrogen and oxygen atoms in total. The molecule has 2 unspecified atom stereocenters. The van der Waals surface area contributed by atoms with E-state index in [1.54, 1.807) is 0 Å². The number of nitrogens with one attached hydrogen (secondary N) is 2. The second kappa shape index (κ2) is 14.5. The van der Waals surface area contributed by atoms with Crippen molar-refractivity contribution in [2.24, 2.45) is 4.99 Å². The van der Waals surface area contributed by atoms with Gasteiger partial charge in [-0.15, -0.1) is 0 Å². The van der Waals surface area contributed by atoms with Crippen molar-refractivity contribution in [3.63, 3.8) is 0 Å². The Hall–Kier alpha value is -7.23. The van der Waals surface area contributed by atoms with Gasteiger partial charge in [-0.3, -0.25) is 4.99 Å². The maximum Gasteiger partial charge on any atom is 0.145 e. The highest BCUT2D eigenvalue weighted by Crippen LogP contribution is 2.43. The molecule has 0 spiro atoms.